The van der Waals surface area contributed by atoms with E-state index >= 15 is 0 Å². The van der Waals surface area contributed by atoms with Crippen LogP contribution in [0.4, 0.5) is 0 Å². The van der Waals surface area contributed by atoms with Crippen molar-refractivity contribution in [2.24, 2.45) is 0 Å². The van der Waals surface area contributed by atoms with Gasteiger partial charge in [-0.3, -0.25) is 4.79 Å². The van der Waals surface area contributed by atoms with Gasteiger partial charge in [-0.25, -0.2) is 0 Å². The van der Waals surface area contributed by atoms with Gasteiger partial charge in [-0.1, -0.05) is 17.7 Å². The van der Waals surface area contributed by atoms with Crippen molar-refractivity contribution >= 4 is 5.91 Å². The van der Waals surface area contributed by atoms with E-state index in [-0.39, 0.29) is 12.0 Å². The first-order chi connectivity index (χ1) is 8.42. The van der Waals surface area contributed by atoms with Crippen LogP contribution in [0.3, 0.4) is 0 Å². The van der Waals surface area contributed by atoms with Crippen LogP contribution in [0.5, 0.6) is 0 Å². The zero-order valence-corrected chi connectivity index (χ0v) is 12.1. The summed E-state index contributed by atoms with van der Waals surface area (Å²) >= 11 is 0. The molecule has 1 aromatic rings. The van der Waals surface area contributed by atoms with E-state index in [1.807, 2.05) is 49.9 Å². The van der Waals surface area contributed by atoms with Crippen LogP contribution in [0.15, 0.2) is 24.3 Å². The lowest BCUT2D eigenvalue weighted by Gasteiger charge is -2.18. The van der Waals surface area contributed by atoms with Crippen molar-refractivity contribution in [2.75, 3.05) is 13.1 Å². The second-order valence-electron chi connectivity index (χ2n) is 4.44. The molecule has 0 unspecified atom stereocenters. The molecule has 0 aromatic heterocycles. The molecule has 0 aliphatic heterocycles. The van der Waals surface area contributed by atoms with Gasteiger partial charge in [0.25, 0.3) is 5.91 Å². The lowest BCUT2D eigenvalue weighted by molar-refractivity contribution is 0.0773. The molecule has 0 spiro atoms. The number of hydrogen-bond donors (Lipinski definition) is 1. The maximum atomic E-state index is 11.9. The van der Waals surface area contributed by atoms with Crippen molar-refractivity contribution in [1.82, 2.24) is 4.90 Å². The maximum Gasteiger partial charge on any atom is 0.253 e. The summed E-state index contributed by atoms with van der Waals surface area (Å²) in [5, 5.41) is 8.06. The largest absolute Gasteiger partial charge is 0.394 e. The average molecular weight is 251 g/mol. The highest BCUT2D eigenvalue weighted by atomic mass is 16.3. The fourth-order valence-corrected chi connectivity index (χ4v) is 1.47. The molecular formula is C15H25NO2. The summed E-state index contributed by atoms with van der Waals surface area (Å²) in [6, 6.07) is 7.72. The Balaban J connectivity index is 0.000000631. The molecule has 0 aliphatic rings. The molecule has 0 bridgehead atoms. The Labute approximate surface area is 110 Å². The van der Waals surface area contributed by atoms with Crippen LogP contribution in [0, 0.1) is 6.92 Å². The average Bonchev–Trinajstić information content (AvgIpc) is 2.29. The monoisotopic (exact) mass is 251 g/mol. The van der Waals surface area contributed by atoms with Crippen molar-refractivity contribution in [1.29, 1.82) is 0 Å². The number of amides is 1. The molecule has 1 N–H and O–H groups in total. The number of benzene rings is 1. The lowest BCUT2D eigenvalue weighted by Crippen LogP contribution is -2.30. The molecule has 0 saturated heterocycles. The summed E-state index contributed by atoms with van der Waals surface area (Å²) in [7, 11) is 0. The Morgan fingerprint density at radius 2 is 1.78 bits per heavy atom. The van der Waals surface area contributed by atoms with Gasteiger partial charge in [0, 0.05) is 24.8 Å². The Morgan fingerprint density at radius 3 is 2.17 bits per heavy atom. The highest BCUT2D eigenvalue weighted by Crippen LogP contribution is 2.07. The molecule has 102 valence electrons. The first-order valence-electron chi connectivity index (χ1n) is 6.46. The quantitative estimate of drug-likeness (QED) is 0.897. The van der Waals surface area contributed by atoms with Gasteiger partial charge in [-0.15, -0.1) is 0 Å². The molecule has 0 saturated carbocycles. The van der Waals surface area contributed by atoms with Crippen molar-refractivity contribution in [3.8, 4) is 0 Å². The minimum absolute atomic E-state index is 0.124. The minimum atomic E-state index is -0.167. The number of aryl methyl sites for hydroxylation is 1. The van der Waals surface area contributed by atoms with Crippen molar-refractivity contribution < 1.29 is 9.90 Å². The Bertz CT molecular complexity index is 355. The second-order valence-corrected chi connectivity index (χ2v) is 4.44. The van der Waals surface area contributed by atoms with Crippen LogP contribution < -0.4 is 0 Å². The highest BCUT2D eigenvalue weighted by Gasteiger charge is 2.11. The van der Waals surface area contributed by atoms with E-state index in [1.54, 1.807) is 13.8 Å². The van der Waals surface area contributed by atoms with Crippen LogP contribution in [0.2, 0.25) is 0 Å². The maximum absolute atomic E-state index is 11.9. The van der Waals surface area contributed by atoms with E-state index in [4.69, 9.17) is 5.11 Å². The number of nitrogens with zero attached hydrogens (tertiary/aromatic N) is 1. The van der Waals surface area contributed by atoms with Crippen LogP contribution in [0.25, 0.3) is 0 Å². The van der Waals surface area contributed by atoms with Crippen LogP contribution in [-0.2, 0) is 0 Å². The lowest BCUT2D eigenvalue weighted by atomic mass is 10.1. The first kappa shape index (κ1) is 16.6. The number of carbonyl (C=O) groups is 1. The summed E-state index contributed by atoms with van der Waals surface area (Å²) in [5.74, 6) is 0.124. The Kier molecular flexibility index (Phi) is 8.05. The predicted molar refractivity (Wildman–Crippen MR) is 75.8 cm³/mol. The van der Waals surface area contributed by atoms with Gasteiger partial charge in [0.05, 0.1) is 0 Å². The normalized spacial score (nSPS) is 9.72. The highest BCUT2D eigenvalue weighted by molar-refractivity contribution is 5.94. The third-order valence-corrected chi connectivity index (χ3v) is 2.32. The van der Waals surface area contributed by atoms with Crippen LogP contribution in [0.1, 0.15) is 43.6 Å². The van der Waals surface area contributed by atoms with E-state index in [0.717, 1.165) is 24.2 Å². The third kappa shape index (κ3) is 6.40. The number of hydrogen-bond acceptors (Lipinski definition) is 2. The SMILES string of the molecule is CC(C)O.CCN(CC)C(=O)c1cccc(C)c1. The third-order valence-electron chi connectivity index (χ3n) is 2.32. The zero-order valence-electron chi connectivity index (χ0n) is 12.1. The van der Waals surface area contributed by atoms with Gasteiger partial charge >= 0.3 is 0 Å². The number of aliphatic hydroxyl groups is 1. The van der Waals surface area contributed by atoms with Crippen LogP contribution >= 0.6 is 0 Å². The number of aliphatic hydroxyl groups excluding tert-OH is 1. The molecule has 18 heavy (non-hydrogen) atoms. The smallest absolute Gasteiger partial charge is 0.253 e. The predicted octanol–water partition coefficient (Wildman–Crippen LogP) is 2.86. The van der Waals surface area contributed by atoms with Gasteiger partial charge < -0.3 is 10.0 Å². The summed E-state index contributed by atoms with van der Waals surface area (Å²) in [5.41, 5.74) is 1.91. The molecule has 3 nitrogen and oxygen atoms in total. The summed E-state index contributed by atoms with van der Waals surface area (Å²) in [6.45, 7) is 11.0. The standard InChI is InChI=1S/C12H17NO.C3H8O/c1-4-13(5-2)12(14)11-8-6-7-10(3)9-11;1-3(2)4/h6-9H,4-5H2,1-3H3;3-4H,1-2H3. The molecule has 1 rings (SSSR count). The van der Waals surface area contributed by atoms with E-state index in [9.17, 15) is 4.79 Å². The van der Waals surface area contributed by atoms with Crippen molar-refractivity contribution in [2.45, 2.75) is 40.7 Å². The van der Waals surface area contributed by atoms with E-state index in [2.05, 4.69) is 0 Å². The fourth-order valence-electron chi connectivity index (χ4n) is 1.47. The molecule has 3 heteroatoms. The van der Waals surface area contributed by atoms with Crippen LogP contribution in [-0.4, -0.2) is 35.1 Å². The van der Waals surface area contributed by atoms with Gasteiger partial charge in [-0.2, -0.15) is 0 Å². The second kappa shape index (κ2) is 8.70. The van der Waals surface area contributed by atoms with E-state index in [1.165, 1.54) is 0 Å². The molecular weight excluding hydrogens is 226 g/mol. The zero-order chi connectivity index (χ0) is 14.1. The molecule has 0 fully saturated rings. The van der Waals surface area contributed by atoms with Gasteiger partial charge in [0.1, 0.15) is 0 Å². The molecule has 1 aromatic carbocycles. The fraction of sp³-hybridized carbons (Fsp3) is 0.533. The Hall–Kier alpha value is -1.35. The molecule has 0 aliphatic carbocycles. The summed E-state index contributed by atoms with van der Waals surface area (Å²) in [4.78, 5) is 13.7. The molecule has 0 radical (unpaired) electrons. The Morgan fingerprint density at radius 1 is 1.28 bits per heavy atom. The van der Waals surface area contributed by atoms with Gasteiger partial charge in [0.15, 0.2) is 0 Å². The number of rotatable bonds is 3. The van der Waals surface area contributed by atoms with E-state index in [0.29, 0.717) is 0 Å². The molecule has 1 amide bonds. The summed E-state index contributed by atoms with van der Waals surface area (Å²) in [6.07, 6.45) is -0.167. The van der Waals surface area contributed by atoms with Crippen molar-refractivity contribution in [3.05, 3.63) is 35.4 Å². The first-order valence-corrected chi connectivity index (χ1v) is 6.46. The minimum Gasteiger partial charge on any atom is -0.394 e. The molecule has 0 heterocycles. The number of carbonyl (C=O) groups excluding carboxylic acids is 1. The van der Waals surface area contributed by atoms with Gasteiger partial charge in [-0.05, 0) is 46.8 Å². The molecule has 0 atom stereocenters. The van der Waals surface area contributed by atoms with Gasteiger partial charge in [0.2, 0.25) is 0 Å². The van der Waals surface area contributed by atoms with Crippen molar-refractivity contribution in [3.63, 3.8) is 0 Å². The topological polar surface area (TPSA) is 40.5 Å². The van der Waals surface area contributed by atoms with E-state index < -0.39 is 0 Å². The summed E-state index contributed by atoms with van der Waals surface area (Å²) < 4.78 is 0.